The van der Waals surface area contributed by atoms with E-state index in [1.165, 1.54) is 12.3 Å². The molecule has 0 saturated heterocycles. The van der Waals surface area contributed by atoms with E-state index >= 15 is 0 Å². The van der Waals surface area contributed by atoms with Crippen LogP contribution in [0, 0.1) is 17.0 Å². The van der Waals surface area contributed by atoms with E-state index in [2.05, 4.69) is 4.99 Å². The van der Waals surface area contributed by atoms with Crippen LogP contribution in [0.1, 0.15) is 11.1 Å². The van der Waals surface area contributed by atoms with Crippen molar-refractivity contribution in [3.8, 4) is 11.5 Å². The van der Waals surface area contributed by atoms with E-state index in [0.717, 1.165) is 0 Å². The Hall–Kier alpha value is -2.89. The van der Waals surface area contributed by atoms with E-state index in [1.54, 1.807) is 44.4 Å². The Morgan fingerprint density at radius 3 is 2.52 bits per heavy atom. The lowest BCUT2D eigenvalue weighted by molar-refractivity contribution is -0.385. The molecule has 0 aliphatic rings. The monoisotopic (exact) mass is 286 g/mol. The molecule has 0 unspecified atom stereocenters. The first-order chi connectivity index (χ1) is 10.0. The molecule has 0 aromatic heterocycles. The fourth-order valence-corrected chi connectivity index (χ4v) is 1.84. The average molecular weight is 286 g/mol. The van der Waals surface area contributed by atoms with E-state index in [1.807, 2.05) is 0 Å². The molecule has 0 bridgehead atoms. The van der Waals surface area contributed by atoms with Crippen molar-refractivity contribution in [2.75, 3.05) is 7.11 Å². The molecule has 0 spiro atoms. The molecule has 2 rings (SSSR count). The zero-order valence-electron chi connectivity index (χ0n) is 11.6. The third-order valence-corrected chi connectivity index (χ3v) is 2.89. The second kappa shape index (κ2) is 6.04. The number of ether oxygens (including phenoxy) is 1. The predicted octanol–water partition coefficient (Wildman–Crippen LogP) is 3.37. The number of aromatic hydroxyl groups is 1. The second-order valence-corrected chi connectivity index (χ2v) is 4.44. The summed E-state index contributed by atoms with van der Waals surface area (Å²) in [6, 6.07) is 9.96. The summed E-state index contributed by atoms with van der Waals surface area (Å²) in [5, 5.41) is 20.7. The summed E-state index contributed by atoms with van der Waals surface area (Å²) in [5.74, 6) is 0.325. The Labute approximate surface area is 121 Å². The minimum Gasteiger partial charge on any atom is -0.502 e. The number of phenols is 1. The molecule has 6 heteroatoms. The Bertz CT molecular complexity index is 694. The number of nitro groups is 1. The highest BCUT2D eigenvalue weighted by Crippen LogP contribution is 2.30. The Morgan fingerprint density at radius 2 is 1.95 bits per heavy atom. The molecule has 2 aromatic carbocycles. The van der Waals surface area contributed by atoms with Gasteiger partial charge in [-0.2, -0.15) is 0 Å². The lowest BCUT2D eigenvalue weighted by atomic mass is 10.1. The molecule has 0 aliphatic carbocycles. The maximum Gasteiger partial charge on any atom is 0.311 e. The van der Waals surface area contributed by atoms with Crippen molar-refractivity contribution >= 4 is 17.6 Å². The van der Waals surface area contributed by atoms with Gasteiger partial charge in [-0.3, -0.25) is 15.1 Å². The maximum absolute atomic E-state index is 10.9. The van der Waals surface area contributed by atoms with Gasteiger partial charge >= 0.3 is 5.69 Å². The average Bonchev–Trinajstić information content (AvgIpc) is 2.48. The van der Waals surface area contributed by atoms with E-state index in [4.69, 9.17) is 4.74 Å². The topological polar surface area (TPSA) is 85.0 Å². The quantitative estimate of drug-likeness (QED) is 0.530. The number of rotatable bonds is 4. The van der Waals surface area contributed by atoms with Crippen LogP contribution in [0.2, 0.25) is 0 Å². The molecular weight excluding hydrogens is 272 g/mol. The fraction of sp³-hybridized carbons (Fsp3) is 0.133. The number of aliphatic imine (C=N–C) groups is 1. The fourth-order valence-electron chi connectivity index (χ4n) is 1.84. The smallest absolute Gasteiger partial charge is 0.311 e. The summed E-state index contributed by atoms with van der Waals surface area (Å²) >= 11 is 0. The number of nitrogens with zero attached hydrogens (tertiary/aromatic N) is 2. The van der Waals surface area contributed by atoms with Crippen LogP contribution in [0.4, 0.5) is 11.4 Å². The molecule has 0 heterocycles. The predicted molar refractivity (Wildman–Crippen MR) is 79.7 cm³/mol. The molecule has 2 aromatic rings. The van der Waals surface area contributed by atoms with Crippen LogP contribution < -0.4 is 4.74 Å². The highest BCUT2D eigenvalue weighted by Gasteiger charge is 2.16. The Balaban J connectivity index is 2.33. The number of hydrogen-bond acceptors (Lipinski definition) is 5. The van der Waals surface area contributed by atoms with Gasteiger partial charge < -0.3 is 9.84 Å². The second-order valence-electron chi connectivity index (χ2n) is 4.44. The van der Waals surface area contributed by atoms with E-state index in [0.29, 0.717) is 22.6 Å². The van der Waals surface area contributed by atoms with Crippen LogP contribution in [-0.2, 0) is 0 Å². The van der Waals surface area contributed by atoms with Crippen molar-refractivity contribution in [1.82, 2.24) is 0 Å². The largest absolute Gasteiger partial charge is 0.502 e. The van der Waals surface area contributed by atoms with Crippen molar-refractivity contribution in [2.24, 2.45) is 4.99 Å². The maximum atomic E-state index is 10.9. The molecule has 0 aliphatic heterocycles. The summed E-state index contributed by atoms with van der Waals surface area (Å²) in [6.07, 6.45) is 1.40. The molecule has 0 saturated carbocycles. The van der Waals surface area contributed by atoms with E-state index < -0.39 is 4.92 Å². The van der Waals surface area contributed by atoms with Gasteiger partial charge in [0.15, 0.2) is 0 Å². The molecular formula is C15H14N2O4. The van der Waals surface area contributed by atoms with Crippen LogP contribution in [0.5, 0.6) is 11.5 Å². The lowest BCUT2D eigenvalue weighted by Crippen LogP contribution is -1.93. The van der Waals surface area contributed by atoms with Crippen LogP contribution in [0.25, 0.3) is 0 Å². The van der Waals surface area contributed by atoms with Crippen molar-refractivity contribution in [3.05, 3.63) is 57.6 Å². The zero-order valence-corrected chi connectivity index (χ0v) is 11.6. The lowest BCUT2D eigenvalue weighted by Gasteiger charge is -2.03. The van der Waals surface area contributed by atoms with Crippen molar-refractivity contribution < 1.29 is 14.8 Å². The summed E-state index contributed by atoms with van der Waals surface area (Å²) in [4.78, 5) is 14.4. The molecule has 0 amide bonds. The molecule has 0 fully saturated rings. The molecule has 108 valence electrons. The van der Waals surface area contributed by atoms with Crippen LogP contribution in [0.3, 0.4) is 0 Å². The zero-order chi connectivity index (χ0) is 15.4. The first-order valence-corrected chi connectivity index (χ1v) is 6.17. The molecule has 0 radical (unpaired) electrons. The summed E-state index contributed by atoms with van der Waals surface area (Å²) in [5.41, 5.74) is 1.30. The van der Waals surface area contributed by atoms with Gasteiger partial charge in [-0.1, -0.05) is 0 Å². The van der Waals surface area contributed by atoms with E-state index in [9.17, 15) is 15.2 Å². The van der Waals surface area contributed by atoms with Gasteiger partial charge in [0, 0.05) is 17.8 Å². The number of hydrogen-bond donors (Lipinski definition) is 1. The minimum atomic E-state index is -0.618. The molecule has 0 atom stereocenters. The third kappa shape index (κ3) is 3.36. The summed E-state index contributed by atoms with van der Waals surface area (Å²) in [7, 11) is 1.57. The van der Waals surface area contributed by atoms with Crippen LogP contribution in [-0.4, -0.2) is 23.4 Å². The number of nitro benzene ring substituents is 1. The summed E-state index contributed by atoms with van der Waals surface area (Å²) < 4.78 is 5.04. The number of phenolic OH excluding ortho intramolecular Hbond substituents is 1. The van der Waals surface area contributed by atoms with Crippen molar-refractivity contribution in [3.63, 3.8) is 0 Å². The van der Waals surface area contributed by atoms with Gasteiger partial charge in [0.1, 0.15) is 5.75 Å². The highest BCUT2D eigenvalue weighted by atomic mass is 16.6. The van der Waals surface area contributed by atoms with Crippen molar-refractivity contribution in [2.45, 2.75) is 6.92 Å². The summed E-state index contributed by atoms with van der Waals surface area (Å²) in [6.45, 7) is 1.72. The van der Waals surface area contributed by atoms with Gasteiger partial charge in [0.2, 0.25) is 5.75 Å². The highest BCUT2D eigenvalue weighted by molar-refractivity contribution is 5.87. The van der Waals surface area contributed by atoms with Crippen LogP contribution in [0.15, 0.2) is 41.4 Å². The third-order valence-electron chi connectivity index (χ3n) is 2.89. The standard InChI is InChI=1S/C15H14N2O4/c1-10-7-11(15(18)14(8-10)17(19)20)9-16-12-3-5-13(21-2)6-4-12/h3-9,18H,1-2H3. The number of aryl methyl sites for hydroxylation is 1. The first-order valence-electron chi connectivity index (χ1n) is 6.17. The van der Waals surface area contributed by atoms with E-state index in [-0.39, 0.29) is 11.4 Å². The van der Waals surface area contributed by atoms with Crippen LogP contribution >= 0.6 is 0 Å². The minimum absolute atomic E-state index is 0.303. The van der Waals surface area contributed by atoms with Crippen molar-refractivity contribution in [1.29, 1.82) is 0 Å². The molecule has 1 N–H and O–H groups in total. The number of benzene rings is 2. The van der Waals surface area contributed by atoms with Gasteiger partial charge in [-0.15, -0.1) is 0 Å². The Morgan fingerprint density at radius 1 is 1.29 bits per heavy atom. The van der Waals surface area contributed by atoms with Gasteiger partial charge in [-0.25, -0.2) is 0 Å². The van der Waals surface area contributed by atoms with Gasteiger partial charge in [0.05, 0.1) is 17.7 Å². The number of methoxy groups -OCH3 is 1. The Kier molecular flexibility index (Phi) is 4.18. The molecule has 21 heavy (non-hydrogen) atoms. The SMILES string of the molecule is COc1ccc(N=Cc2cc(C)cc([N+](=O)[O-])c2O)cc1. The van der Waals surface area contributed by atoms with Gasteiger partial charge in [-0.05, 0) is 42.8 Å². The first kappa shape index (κ1) is 14.5. The van der Waals surface area contributed by atoms with Gasteiger partial charge in [0.25, 0.3) is 0 Å². The normalized spacial score (nSPS) is 10.8. The molecule has 6 nitrogen and oxygen atoms in total.